The number of aliphatic carboxylic acids is 2. The molecule has 0 saturated heterocycles. The predicted molar refractivity (Wildman–Crippen MR) is 234 cm³/mol. The molecule has 2 heterocycles. The number of aromatic carboxylic acids is 1. The Morgan fingerprint density at radius 1 is 0.662 bits per heavy atom. The number of hydrogen-bond donors (Lipinski definition) is 9. The number of hydrogen-bond acceptors (Lipinski definition) is 13. The number of nitrogens with zero attached hydrogens (tertiary/aromatic N) is 6. The van der Waals surface area contributed by atoms with E-state index in [1.54, 1.807) is 18.2 Å². The number of benzene rings is 4. The topological polar surface area (TPSA) is 338 Å². The summed E-state index contributed by atoms with van der Waals surface area (Å²) in [7, 11) is 0. The van der Waals surface area contributed by atoms with Crippen molar-refractivity contribution in [2.24, 2.45) is 16.6 Å². The van der Waals surface area contributed by atoms with Crippen LogP contribution < -0.4 is 11.1 Å². The van der Waals surface area contributed by atoms with Crippen LogP contribution in [0.4, 0.5) is 0 Å². The van der Waals surface area contributed by atoms with Crippen LogP contribution >= 0.6 is 0 Å². The van der Waals surface area contributed by atoms with Gasteiger partial charge in [0, 0.05) is 12.1 Å². The lowest BCUT2D eigenvalue weighted by Crippen LogP contribution is -2.44. The van der Waals surface area contributed by atoms with E-state index in [1.165, 1.54) is 20.0 Å². The van der Waals surface area contributed by atoms with Crippen LogP contribution in [0.5, 0.6) is 0 Å². The van der Waals surface area contributed by atoms with Gasteiger partial charge in [-0.1, -0.05) is 72.8 Å². The lowest BCUT2D eigenvalue weighted by molar-refractivity contribution is -0.152. The van der Waals surface area contributed by atoms with E-state index in [0.29, 0.717) is 24.0 Å². The zero-order valence-corrected chi connectivity index (χ0v) is 35.4. The van der Waals surface area contributed by atoms with E-state index in [0.717, 1.165) is 39.6 Å². The van der Waals surface area contributed by atoms with E-state index in [4.69, 9.17) is 21.4 Å². The van der Waals surface area contributed by atoms with Crippen molar-refractivity contribution in [2.75, 3.05) is 13.2 Å². The van der Waals surface area contributed by atoms with Gasteiger partial charge in [0.05, 0.1) is 59.7 Å². The summed E-state index contributed by atoms with van der Waals surface area (Å²) in [6, 6.07) is 33.4. The molecule has 1 amide bonds. The number of nitriles is 2. The van der Waals surface area contributed by atoms with Crippen molar-refractivity contribution in [3.8, 4) is 34.4 Å². The van der Waals surface area contributed by atoms with Crippen LogP contribution in [-0.4, -0.2) is 105 Å². The van der Waals surface area contributed by atoms with E-state index in [9.17, 15) is 39.6 Å². The van der Waals surface area contributed by atoms with Gasteiger partial charge in [-0.05, 0) is 97.2 Å². The summed E-state index contributed by atoms with van der Waals surface area (Å²) in [4.78, 5) is 45.4. The highest BCUT2D eigenvalue weighted by atomic mass is 16.4. The van der Waals surface area contributed by atoms with E-state index >= 15 is 0 Å². The Bertz CT molecular complexity index is 2590. The van der Waals surface area contributed by atoms with Gasteiger partial charge >= 0.3 is 17.9 Å². The lowest BCUT2D eigenvalue weighted by atomic mass is 9.82. The summed E-state index contributed by atoms with van der Waals surface area (Å²) in [5.41, 5.74) is 10.3. The van der Waals surface area contributed by atoms with Gasteiger partial charge in [-0.15, -0.1) is 5.10 Å². The number of rotatable bonds is 17. The molecule has 0 unspecified atom stereocenters. The molecule has 0 fully saturated rings. The van der Waals surface area contributed by atoms with Gasteiger partial charge in [0.25, 0.3) is 5.91 Å². The maximum atomic E-state index is 12.5. The van der Waals surface area contributed by atoms with Crippen molar-refractivity contribution in [1.29, 1.82) is 10.5 Å². The van der Waals surface area contributed by atoms with Gasteiger partial charge in [0.2, 0.25) is 0 Å². The third-order valence-corrected chi connectivity index (χ3v) is 10.3. The fourth-order valence-corrected chi connectivity index (χ4v) is 6.47. The SMILES string of the molecule is C[C@@](CO)(C[C@@H](Cc1ccc(-c2cccc(C#N)c2)cc1)NC(=O)c1cn[nH]n1)C(=O)O.C[C@@](CO)(C[C@H](N)Cc1ccc(-c2cccc(C#N)c2)cc1)C(=O)O.O=C(O)c1cn[nH]n1. The first-order chi connectivity index (χ1) is 31.0. The molecule has 4 atom stereocenters. The predicted octanol–water partition coefficient (Wildman–Crippen LogP) is 4.23. The first-order valence-corrected chi connectivity index (χ1v) is 19.9. The van der Waals surface area contributed by atoms with Crippen molar-refractivity contribution in [3.63, 3.8) is 0 Å². The van der Waals surface area contributed by atoms with Crippen LogP contribution in [0.1, 0.15) is 69.9 Å². The van der Waals surface area contributed by atoms with E-state index in [1.807, 2.05) is 78.9 Å². The fourth-order valence-electron chi connectivity index (χ4n) is 6.47. The third-order valence-electron chi connectivity index (χ3n) is 10.3. The molecular weight excluding hydrogens is 837 g/mol. The molecule has 10 N–H and O–H groups in total. The Kier molecular flexibility index (Phi) is 17.8. The summed E-state index contributed by atoms with van der Waals surface area (Å²) in [5, 5.41) is 85.2. The number of aromatic amines is 2. The molecule has 0 aliphatic carbocycles. The second-order valence-electron chi connectivity index (χ2n) is 15.6. The van der Waals surface area contributed by atoms with E-state index < -0.39 is 53.9 Å². The minimum atomic E-state index is -1.42. The molecule has 6 rings (SSSR count). The second-order valence-corrected chi connectivity index (χ2v) is 15.6. The van der Waals surface area contributed by atoms with Crippen molar-refractivity contribution in [1.82, 2.24) is 36.1 Å². The number of aromatic nitrogens is 6. The minimum Gasteiger partial charge on any atom is -0.481 e. The molecule has 6 aromatic rings. The van der Waals surface area contributed by atoms with Gasteiger partial charge in [-0.2, -0.15) is 36.2 Å². The van der Waals surface area contributed by atoms with E-state index in [-0.39, 0.29) is 30.3 Å². The fraction of sp³-hybridized carbons (Fsp3) is 0.261. The number of nitrogens with one attached hydrogen (secondary N) is 3. The minimum absolute atomic E-state index is 0.0222. The number of aliphatic hydroxyl groups is 2. The summed E-state index contributed by atoms with van der Waals surface area (Å²) < 4.78 is 0. The highest BCUT2D eigenvalue weighted by molar-refractivity contribution is 5.92. The normalized spacial score (nSPS) is 13.3. The average Bonchev–Trinajstić information content (AvgIpc) is 4.07. The highest BCUT2D eigenvalue weighted by Gasteiger charge is 2.36. The van der Waals surface area contributed by atoms with Crippen LogP contribution in [0.3, 0.4) is 0 Å². The number of H-pyrrole nitrogens is 2. The number of carbonyl (C=O) groups is 4. The van der Waals surface area contributed by atoms with Crippen LogP contribution in [0.2, 0.25) is 0 Å². The molecule has 0 aliphatic heterocycles. The average molecular weight is 885 g/mol. The molecule has 0 bridgehead atoms. The standard InChI is InChI=1S/C23H23N5O4.C20H22N2O3.C3H3N3O2/c1-23(14-29,22(31)32)11-19(26-21(30)20-13-25-28-27-20)10-15-5-7-17(8-6-15)18-4-2-3-16(9-18)12-24;1-20(13-23,19(24)25)11-18(22)10-14-5-7-16(8-6-14)17-4-2-3-15(9-17)12-21;7-3(8)2-1-4-6-5-2/h2-9,13,19,29H,10-11,14H2,1H3,(H,26,30)(H,31,32)(H,25,27,28);2-9,18,23H,10-11,13,22H2,1H3,(H,24,25);1H,(H,7,8)(H,4,5,6)/t19-,23+;18-,20+;/m11./s1. The highest BCUT2D eigenvalue weighted by Crippen LogP contribution is 2.28. The zero-order valence-electron chi connectivity index (χ0n) is 35.4. The van der Waals surface area contributed by atoms with Crippen LogP contribution in [0.25, 0.3) is 22.3 Å². The molecule has 4 aromatic carbocycles. The first-order valence-electron chi connectivity index (χ1n) is 19.9. The van der Waals surface area contributed by atoms with Crippen LogP contribution in [0.15, 0.2) is 109 Å². The molecule has 336 valence electrons. The number of carboxylic acid groups (broad SMARTS) is 3. The van der Waals surface area contributed by atoms with Gasteiger partial charge in [-0.25, -0.2) is 4.79 Å². The monoisotopic (exact) mass is 884 g/mol. The Hall–Kier alpha value is -8.10. The Balaban J connectivity index is 0.000000248. The Morgan fingerprint density at radius 3 is 1.49 bits per heavy atom. The quantitative estimate of drug-likeness (QED) is 0.0619. The van der Waals surface area contributed by atoms with Crippen molar-refractivity contribution < 1.29 is 44.7 Å². The molecule has 2 aromatic heterocycles. The number of nitrogens with two attached hydrogens (primary N) is 1. The molecule has 65 heavy (non-hydrogen) atoms. The molecule has 19 heteroatoms. The van der Waals surface area contributed by atoms with Crippen molar-refractivity contribution in [2.45, 2.75) is 51.6 Å². The number of carbonyl (C=O) groups excluding carboxylic acids is 1. The van der Waals surface area contributed by atoms with Gasteiger partial charge in [0.15, 0.2) is 11.4 Å². The Morgan fingerprint density at radius 2 is 1.11 bits per heavy atom. The largest absolute Gasteiger partial charge is 0.481 e. The van der Waals surface area contributed by atoms with Crippen LogP contribution in [0, 0.1) is 33.5 Å². The maximum Gasteiger partial charge on any atom is 0.358 e. The van der Waals surface area contributed by atoms with Gasteiger partial charge in [-0.3, -0.25) is 14.4 Å². The maximum absolute atomic E-state index is 12.5. The second kappa shape index (κ2) is 23.4. The first kappa shape index (κ1) is 49.6. The molecular formula is C46H48N10O9. The summed E-state index contributed by atoms with van der Waals surface area (Å²) in [6.07, 6.45) is 3.52. The zero-order chi connectivity index (χ0) is 47.6. The van der Waals surface area contributed by atoms with Crippen LogP contribution in [-0.2, 0) is 22.4 Å². The lowest BCUT2D eigenvalue weighted by Gasteiger charge is -2.28. The summed E-state index contributed by atoms with van der Waals surface area (Å²) in [6.45, 7) is 1.94. The third kappa shape index (κ3) is 14.5. The van der Waals surface area contributed by atoms with Crippen molar-refractivity contribution >= 4 is 23.8 Å². The smallest absolute Gasteiger partial charge is 0.358 e. The summed E-state index contributed by atoms with van der Waals surface area (Å²) in [5.74, 6) is -3.75. The Labute approximate surface area is 373 Å². The molecule has 0 radical (unpaired) electrons. The van der Waals surface area contributed by atoms with Crippen molar-refractivity contribution in [3.05, 3.63) is 143 Å². The molecule has 0 saturated carbocycles. The van der Waals surface area contributed by atoms with E-state index in [2.05, 4.69) is 48.3 Å². The number of carboxylic acids is 3. The molecule has 0 aliphatic rings. The molecule has 19 nitrogen and oxygen atoms in total. The van der Waals surface area contributed by atoms with Gasteiger partial charge < -0.3 is 36.6 Å². The summed E-state index contributed by atoms with van der Waals surface area (Å²) >= 11 is 0. The number of amides is 1. The van der Waals surface area contributed by atoms with Gasteiger partial charge in [0.1, 0.15) is 0 Å². The number of aliphatic hydroxyl groups excluding tert-OH is 2. The molecule has 0 spiro atoms.